The van der Waals surface area contributed by atoms with E-state index in [2.05, 4.69) is 53.4 Å². The second-order valence-corrected chi connectivity index (χ2v) is 4.41. The van der Waals surface area contributed by atoms with Gasteiger partial charge in [0.25, 0.3) is 0 Å². The lowest BCUT2D eigenvalue weighted by Crippen LogP contribution is -2.00. The van der Waals surface area contributed by atoms with Crippen LogP contribution < -0.4 is 5.32 Å². The fourth-order valence-corrected chi connectivity index (χ4v) is 1.83. The summed E-state index contributed by atoms with van der Waals surface area (Å²) in [4.78, 5) is 0. The van der Waals surface area contributed by atoms with Crippen LogP contribution in [0.2, 0.25) is 0 Å². The lowest BCUT2D eigenvalue weighted by atomic mass is 10.3. The molecule has 2 aromatic rings. The predicted octanol–water partition coefficient (Wildman–Crippen LogP) is 2.55. The monoisotopic (exact) mass is 232 g/mol. The van der Waals surface area contributed by atoms with Gasteiger partial charge >= 0.3 is 0 Å². The second kappa shape index (κ2) is 5.08. The van der Waals surface area contributed by atoms with Gasteiger partial charge in [0, 0.05) is 44.3 Å². The molecule has 0 aliphatic rings. The van der Waals surface area contributed by atoms with Crippen molar-refractivity contribution in [1.29, 1.82) is 0 Å². The summed E-state index contributed by atoms with van der Waals surface area (Å²) in [6.45, 7) is 6.15. The van der Waals surface area contributed by atoms with Crippen LogP contribution in [0.5, 0.6) is 0 Å². The molecule has 0 atom stereocenters. The number of rotatable bonds is 5. The molecule has 2 aromatic heterocycles. The molecular weight excluding hydrogens is 212 g/mol. The van der Waals surface area contributed by atoms with Gasteiger partial charge in [-0.05, 0) is 25.0 Å². The van der Waals surface area contributed by atoms with Gasteiger partial charge in [0.2, 0.25) is 0 Å². The Kier molecular flexibility index (Phi) is 3.52. The summed E-state index contributed by atoms with van der Waals surface area (Å²) >= 11 is 0. The Bertz CT molecular complexity index is 462. The number of anilines is 1. The fourth-order valence-electron chi connectivity index (χ4n) is 1.83. The largest absolute Gasteiger partial charge is 0.364 e. The van der Waals surface area contributed by atoms with Crippen LogP contribution in [-0.2, 0) is 20.1 Å². The topological polar surface area (TPSA) is 34.8 Å². The molecule has 0 bridgehead atoms. The van der Waals surface area contributed by atoms with Gasteiger partial charge in [-0.3, -0.25) is 4.68 Å². The molecule has 0 spiro atoms. The third-order valence-corrected chi connectivity index (χ3v) is 2.88. The molecular formula is C13H20N4. The number of aromatic nitrogens is 3. The number of nitrogens with zero attached hydrogens (tertiary/aromatic N) is 3. The number of hydrogen-bond donors (Lipinski definition) is 1. The molecule has 0 unspecified atom stereocenters. The highest BCUT2D eigenvalue weighted by molar-refractivity contribution is 5.36. The molecule has 0 radical (unpaired) electrons. The summed E-state index contributed by atoms with van der Waals surface area (Å²) in [7, 11) is 1.96. The van der Waals surface area contributed by atoms with E-state index < -0.39 is 0 Å². The zero-order chi connectivity index (χ0) is 12.3. The van der Waals surface area contributed by atoms with Crippen LogP contribution in [0.4, 0.5) is 5.82 Å². The summed E-state index contributed by atoms with van der Waals surface area (Å²) in [5.41, 5.74) is 2.46. The number of nitrogens with one attached hydrogen (secondary N) is 1. The van der Waals surface area contributed by atoms with E-state index in [1.165, 1.54) is 12.0 Å². The van der Waals surface area contributed by atoms with Gasteiger partial charge in [-0.15, -0.1) is 0 Å². The Morgan fingerprint density at radius 3 is 2.88 bits per heavy atom. The van der Waals surface area contributed by atoms with E-state index in [4.69, 9.17) is 0 Å². The van der Waals surface area contributed by atoms with Crippen LogP contribution in [0.1, 0.15) is 24.6 Å². The van der Waals surface area contributed by atoms with Crippen LogP contribution in [-0.4, -0.2) is 14.3 Å². The van der Waals surface area contributed by atoms with Crippen LogP contribution >= 0.6 is 0 Å². The first-order valence-corrected chi connectivity index (χ1v) is 6.08. The first-order valence-electron chi connectivity index (χ1n) is 6.08. The second-order valence-electron chi connectivity index (χ2n) is 4.41. The number of hydrogen-bond acceptors (Lipinski definition) is 2. The molecule has 2 rings (SSSR count). The fraction of sp³-hybridized carbons (Fsp3) is 0.462. The minimum absolute atomic E-state index is 0.827. The molecule has 0 saturated heterocycles. The van der Waals surface area contributed by atoms with E-state index in [1.54, 1.807) is 0 Å². The maximum absolute atomic E-state index is 4.37. The highest BCUT2D eigenvalue weighted by atomic mass is 15.3. The Morgan fingerprint density at radius 2 is 2.24 bits per heavy atom. The molecule has 0 amide bonds. The van der Waals surface area contributed by atoms with Crippen LogP contribution in [0.25, 0.3) is 0 Å². The third-order valence-electron chi connectivity index (χ3n) is 2.88. The van der Waals surface area contributed by atoms with E-state index in [9.17, 15) is 0 Å². The maximum Gasteiger partial charge on any atom is 0.148 e. The minimum Gasteiger partial charge on any atom is -0.364 e. The SMILES string of the molecule is CCCn1ccc(CNc2cc(C)n(C)n2)c1. The highest BCUT2D eigenvalue weighted by Crippen LogP contribution is 2.09. The molecule has 1 N–H and O–H groups in total. The summed E-state index contributed by atoms with van der Waals surface area (Å²) in [5, 5.41) is 7.70. The highest BCUT2D eigenvalue weighted by Gasteiger charge is 2.01. The Hall–Kier alpha value is -1.71. The molecule has 0 aliphatic carbocycles. The summed E-state index contributed by atoms with van der Waals surface area (Å²) in [6, 6.07) is 4.21. The van der Waals surface area contributed by atoms with Crippen molar-refractivity contribution in [2.24, 2.45) is 7.05 Å². The number of aryl methyl sites for hydroxylation is 3. The average Bonchev–Trinajstić information content (AvgIpc) is 2.85. The lowest BCUT2D eigenvalue weighted by Gasteiger charge is -2.00. The lowest BCUT2D eigenvalue weighted by molar-refractivity contribution is 0.681. The quantitative estimate of drug-likeness (QED) is 0.859. The summed E-state index contributed by atoms with van der Waals surface area (Å²) < 4.78 is 4.10. The normalized spacial score (nSPS) is 10.8. The van der Waals surface area contributed by atoms with E-state index in [-0.39, 0.29) is 0 Å². The van der Waals surface area contributed by atoms with Crippen molar-refractivity contribution in [3.63, 3.8) is 0 Å². The molecule has 0 saturated carbocycles. The molecule has 0 aliphatic heterocycles. The van der Waals surface area contributed by atoms with E-state index in [1.807, 2.05) is 11.7 Å². The van der Waals surface area contributed by atoms with Crippen molar-refractivity contribution in [3.8, 4) is 0 Å². The molecule has 17 heavy (non-hydrogen) atoms. The van der Waals surface area contributed by atoms with Gasteiger partial charge in [-0.1, -0.05) is 6.92 Å². The minimum atomic E-state index is 0.827. The van der Waals surface area contributed by atoms with Gasteiger partial charge in [0.05, 0.1) is 0 Å². The molecule has 2 heterocycles. The van der Waals surface area contributed by atoms with Crippen LogP contribution in [0.3, 0.4) is 0 Å². The van der Waals surface area contributed by atoms with Gasteiger partial charge in [0.1, 0.15) is 5.82 Å². The van der Waals surface area contributed by atoms with Crippen molar-refractivity contribution in [2.75, 3.05) is 5.32 Å². The van der Waals surface area contributed by atoms with Crippen molar-refractivity contribution < 1.29 is 0 Å². The van der Waals surface area contributed by atoms with Crippen LogP contribution in [0, 0.1) is 6.92 Å². The third kappa shape index (κ3) is 2.90. The molecule has 4 nitrogen and oxygen atoms in total. The van der Waals surface area contributed by atoms with E-state index >= 15 is 0 Å². The summed E-state index contributed by atoms with van der Waals surface area (Å²) in [5.74, 6) is 0.938. The molecule has 92 valence electrons. The van der Waals surface area contributed by atoms with Gasteiger partial charge < -0.3 is 9.88 Å². The standard InChI is InChI=1S/C13H20N4/c1-4-6-17-7-5-12(10-17)9-14-13-8-11(2)16(3)15-13/h5,7-8,10H,4,6,9H2,1-3H3,(H,14,15). The first kappa shape index (κ1) is 11.8. The van der Waals surface area contributed by atoms with Gasteiger partial charge in [0.15, 0.2) is 0 Å². The van der Waals surface area contributed by atoms with Crippen LogP contribution in [0.15, 0.2) is 24.5 Å². The Morgan fingerprint density at radius 1 is 1.41 bits per heavy atom. The Balaban J connectivity index is 1.92. The van der Waals surface area contributed by atoms with Gasteiger partial charge in [-0.2, -0.15) is 5.10 Å². The predicted molar refractivity (Wildman–Crippen MR) is 70.0 cm³/mol. The Labute approximate surface area is 102 Å². The zero-order valence-corrected chi connectivity index (χ0v) is 10.8. The van der Waals surface area contributed by atoms with Gasteiger partial charge in [-0.25, -0.2) is 0 Å². The zero-order valence-electron chi connectivity index (χ0n) is 10.8. The van der Waals surface area contributed by atoms with Crippen molar-refractivity contribution in [1.82, 2.24) is 14.3 Å². The van der Waals surface area contributed by atoms with Crippen molar-refractivity contribution >= 4 is 5.82 Å². The van der Waals surface area contributed by atoms with E-state index in [0.29, 0.717) is 0 Å². The average molecular weight is 232 g/mol. The molecule has 4 heteroatoms. The van der Waals surface area contributed by atoms with Crippen molar-refractivity contribution in [3.05, 3.63) is 35.8 Å². The summed E-state index contributed by atoms with van der Waals surface area (Å²) in [6.07, 6.45) is 5.48. The molecule has 0 fully saturated rings. The van der Waals surface area contributed by atoms with Crippen molar-refractivity contribution in [2.45, 2.75) is 33.4 Å². The van der Waals surface area contributed by atoms with E-state index in [0.717, 1.165) is 24.6 Å². The maximum atomic E-state index is 4.37. The smallest absolute Gasteiger partial charge is 0.148 e. The molecule has 0 aromatic carbocycles. The first-order chi connectivity index (χ1) is 8.19.